The molecule has 1 aromatic heterocycles. The number of carboxylic acid groups (broad SMARTS) is 1. The zero-order valence-electron chi connectivity index (χ0n) is 16.6. The van der Waals surface area contributed by atoms with Crippen LogP contribution in [-0.4, -0.2) is 50.3 Å². The van der Waals surface area contributed by atoms with Gasteiger partial charge in [-0.3, -0.25) is 10.2 Å². The highest BCUT2D eigenvalue weighted by atomic mass is 32.2. The van der Waals surface area contributed by atoms with Gasteiger partial charge in [-0.2, -0.15) is 4.31 Å². The fourth-order valence-corrected chi connectivity index (χ4v) is 4.84. The molecule has 1 aromatic carbocycles. The quantitative estimate of drug-likeness (QED) is 0.431. The van der Waals surface area contributed by atoms with Crippen LogP contribution in [-0.2, 0) is 31.3 Å². The molecule has 10 nitrogen and oxygen atoms in total. The first-order valence-electron chi connectivity index (χ1n) is 9.15. The Labute approximate surface area is 176 Å². The van der Waals surface area contributed by atoms with Crippen molar-refractivity contribution in [3.63, 3.8) is 0 Å². The second-order valence-electron chi connectivity index (χ2n) is 6.24. The summed E-state index contributed by atoms with van der Waals surface area (Å²) in [4.78, 5) is 16.7. The predicted octanol–water partition coefficient (Wildman–Crippen LogP) is 1.43. The van der Waals surface area contributed by atoms with Crippen molar-refractivity contribution in [2.24, 2.45) is 0 Å². The van der Waals surface area contributed by atoms with Gasteiger partial charge in [0.25, 0.3) is 10.0 Å². The van der Waals surface area contributed by atoms with Crippen molar-refractivity contribution < 1.29 is 26.7 Å². The number of hydrazine groups is 1. The molecule has 2 rings (SSSR count). The molecule has 3 N–H and O–H groups in total. The fraction of sp³-hybridized carbons (Fsp3) is 0.333. The van der Waals surface area contributed by atoms with E-state index in [2.05, 4.69) is 15.2 Å². The smallest absolute Gasteiger partial charge is 0.303 e. The van der Waals surface area contributed by atoms with Gasteiger partial charge in [0.15, 0.2) is 0 Å². The number of hydrogen-bond donors (Lipinski definition) is 3. The summed E-state index contributed by atoms with van der Waals surface area (Å²) in [5.74, 6) is -0.809. The van der Waals surface area contributed by atoms with Crippen LogP contribution < -0.4 is 10.3 Å². The van der Waals surface area contributed by atoms with Gasteiger partial charge in [-0.15, -0.1) is 4.83 Å². The predicted molar refractivity (Wildman–Crippen MR) is 111 cm³/mol. The van der Waals surface area contributed by atoms with Crippen LogP contribution >= 0.6 is 0 Å². The van der Waals surface area contributed by atoms with E-state index < -0.39 is 26.0 Å². The third-order valence-electron chi connectivity index (χ3n) is 4.25. The Hall–Kier alpha value is -2.54. The lowest BCUT2D eigenvalue weighted by Gasteiger charge is -2.18. The summed E-state index contributed by atoms with van der Waals surface area (Å²) in [5, 5.41) is 8.69. The van der Waals surface area contributed by atoms with Gasteiger partial charge in [0.05, 0.1) is 4.90 Å². The molecule has 0 spiro atoms. The molecule has 1 heterocycles. The summed E-state index contributed by atoms with van der Waals surface area (Å²) in [6.45, 7) is 4.12. The number of rotatable bonds is 11. The van der Waals surface area contributed by atoms with E-state index in [1.54, 1.807) is 26.0 Å². The Morgan fingerprint density at radius 2 is 1.60 bits per heavy atom. The Bertz CT molecular complexity index is 1060. The van der Waals surface area contributed by atoms with Crippen LogP contribution in [0.2, 0.25) is 0 Å². The van der Waals surface area contributed by atoms with Crippen molar-refractivity contribution in [1.29, 1.82) is 0 Å². The van der Waals surface area contributed by atoms with Crippen LogP contribution in [0.5, 0.6) is 0 Å². The van der Waals surface area contributed by atoms with Gasteiger partial charge in [0, 0.05) is 25.7 Å². The summed E-state index contributed by atoms with van der Waals surface area (Å²) in [6, 6.07) is 8.52. The molecule has 12 heteroatoms. The third kappa shape index (κ3) is 5.98. The molecule has 0 amide bonds. The minimum absolute atomic E-state index is 0.0107. The highest BCUT2D eigenvalue weighted by Gasteiger charge is 2.22. The summed E-state index contributed by atoms with van der Waals surface area (Å²) in [7, 11) is -7.56. The first-order valence-corrected chi connectivity index (χ1v) is 12.1. The van der Waals surface area contributed by atoms with E-state index in [1.807, 2.05) is 0 Å². The van der Waals surface area contributed by atoms with Crippen LogP contribution in [0.15, 0.2) is 52.4 Å². The van der Waals surface area contributed by atoms with Gasteiger partial charge in [-0.25, -0.2) is 21.8 Å². The molecule has 0 aliphatic rings. The fourth-order valence-electron chi connectivity index (χ4n) is 2.58. The maximum Gasteiger partial charge on any atom is 0.303 e. The number of carboxylic acids is 1. The third-order valence-corrected chi connectivity index (χ3v) is 7.55. The number of aryl methyl sites for hydroxylation is 1. The number of anilines is 1. The van der Waals surface area contributed by atoms with Crippen molar-refractivity contribution in [3.05, 3.63) is 48.2 Å². The number of nitrogens with zero attached hydrogens (tertiary/aromatic N) is 2. The standard InChI is InChI=1S/C18H24N4O6S2/c1-3-22(4-2)30(27,28)16-10-11-17(19-13-16)20-21-29(25,26)15-8-5-14(6-9-15)7-12-18(23)24/h5-6,8-11,13,21H,3-4,7,12H2,1-2H3,(H,19,20)(H,23,24). The van der Waals surface area contributed by atoms with Crippen molar-refractivity contribution in [2.75, 3.05) is 18.5 Å². The van der Waals surface area contributed by atoms with Gasteiger partial charge >= 0.3 is 5.97 Å². The van der Waals surface area contributed by atoms with Crippen LogP contribution in [0, 0.1) is 0 Å². The van der Waals surface area contributed by atoms with E-state index in [9.17, 15) is 21.6 Å². The molecule has 0 saturated carbocycles. The Kier molecular flexibility index (Phi) is 7.89. The molecule has 0 bridgehead atoms. The molecule has 0 fully saturated rings. The van der Waals surface area contributed by atoms with Crippen molar-refractivity contribution in [3.8, 4) is 0 Å². The van der Waals surface area contributed by atoms with Crippen LogP contribution in [0.25, 0.3) is 0 Å². The Morgan fingerprint density at radius 3 is 2.10 bits per heavy atom. The first kappa shape index (κ1) is 23.7. The summed E-state index contributed by atoms with van der Waals surface area (Å²) in [6.07, 6.45) is 1.41. The number of aliphatic carboxylic acids is 1. The number of aromatic nitrogens is 1. The molecule has 0 aliphatic carbocycles. The van der Waals surface area contributed by atoms with Crippen molar-refractivity contribution >= 4 is 31.8 Å². The molecule has 0 radical (unpaired) electrons. The molecule has 164 valence electrons. The molecule has 0 unspecified atom stereocenters. The lowest BCUT2D eigenvalue weighted by atomic mass is 10.1. The second-order valence-corrected chi connectivity index (χ2v) is 9.86. The van der Waals surface area contributed by atoms with Gasteiger partial charge in [0.1, 0.15) is 10.7 Å². The Balaban J connectivity index is 2.05. The minimum Gasteiger partial charge on any atom is -0.481 e. The minimum atomic E-state index is -3.91. The van der Waals surface area contributed by atoms with Gasteiger partial charge in [-0.05, 0) is 36.2 Å². The number of carbonyl (C=O) groups is 1. The average molecular weight is 457 g/mol. The van der Waals surface area contributed by atoms with Gasteiger partial charge in [0.2, 0.25) is 10.0 Å². The molecule has 30 heavy (non-hydrogen) atoms. The van der Waals surface area contributed by atoms with E-state index in [0.29, 0.717) is 25.1 Å². The van der Waals surface area contributed by atoms with E-state index in [1.165, 1.54) is 28.6 Å². The SMILES string of the molecule is CCN(CC)S(=O)(=O)c1ccc(NNS(=O)(=O)c2ccc(CCC(=O)O)cc2)nc1. The topological polar surface area (TPSA) is 146 Å². The normalized spacial score (nSPS) is 12.1. The van der Waals surface area contributed by atoms with Crippen LogP contribution in [0.3, 0.4) is 0 Å². The van der Waals surface area contributed by atoms with E-state index in [4.69, 9.17) is 5.11 Å². The number of benzene rings is 1. The first-order chi connectivity index (χ1) is 14.1. The summed E-state index contributed by atoms with van der Waals surface area (Å²) < 4.78 is 50.9. The van der Waals surface area contributed by atoms with Crippen LogP contribution in [0.1, 0.15) is 25.8 Å². The maximum absolute atomic E-state index is 12.4. The second kappa shape index (κ2) is 9.98. The molecular weight excluding hydrogens is 432 g/mol. The van der Waals surface area contributed by atoms with E-state index >= 15 is 0 Å². The largest absolute Gasteiger partial charge is 0.481 e. The lowest BCUT2D eigenvalue weighted by molar-refractivity contribution is -0.136. The maximum atomic E-state index is 12.4. The highest BCUT2D eigenvalue weighted by molar-refractivity contribution is 7.89. The van der Waals surface area contributed by atoms with Gasteiger partial charge < -0.3 is 5.11 Å². The van der Waals surface area contributed by atoms with Crippen LogP contribution in [0.4, 0.5) is 5.82 Å². The highest BCUT2D eigenvalue weighted by Crippen LogP contribution is 2.16. The van der Waals surface area contributed by atoms with Gasteiger partial charge in [-0.1, -0.05) is 26.0 Å². The Morgan fingerprint density at radius 1 is 1.00 bits per heavy atom. The molecule has 0 aliphatic heterocycles. The summed E-state index contributed by atoms with van der Waals surface area (Å²) in [5.41, 5.74) is 3.14. The number of hydrogen-bond acceptors (Lipinski definition) is 7. The monoisotopic (exact) mass is 456 g/mol. The van der Waals surface area contributed by atoms with Crippen molar-refractivity contribution in [2.45, 2.75) is 36.5 Å². The zero-order chi connectivity index (χ0) is 22.4. The molecule has 0 atom stereocenters. The number of pyridine rings is 1. The van der Waals surface area contributed by atoms with E-state index in [-0.39, 0.29) is 22.0 Å². The molecular formula is C18H24N4O6S2. The van der Waals surface area contributed by atoms with E-state index in [0.717, 1.165) is 6.20 Å². The zero-order valence-corrected chi connectivity index (χ0v) is 18.2. The average Bonchev–Trinajstić information content (AvgIpc) is 2.72. The summed E-state index contributed by atoms with van der Waals surface area (Å²) >= 11 is 0. The lowest BCUT2D eigenvalue weighted by Crippen LogP contribution is -2.31. The molecule has 0 saturated heterocycles. The number of sulfonamides is 2. The molecule has 2 aromatic rings. The number of nitrogens with one attached hydrogen (secondary N) is 2. The van der Waals surface area contributed by atoms with Crippen molar-refractivity contribution in [1.82, 2.24) is 14.1 Å².